The fourth-order valence-electron chi connectivity index (χ4n) is 2.45. The predicted octanol–water partition coefficient (Wildman–Crippen LogP) is 1.54. The van der Waals surface area contributed by atoms with Gasteiger partial charge in [-0.2, -0.15) is 0 Å². The van der Waals surface area contributed by atoms with E-state index in [9.17, 15) is 0 Å². The molecule has 1 unspecified atom stereocenters. The van der Waals surface area contributed by atoms with Gasteiger partial charge in [-0.25, -0.2) is 0 Å². The van der Waals surface area contributed by atoms with Gasteiger partial charge in [-0.3, -0.25) is 9.88 Å². The molecule has 0 saturated carbocycles. The molecule has 0 aromatic carbocycles. The SMILES string of the molecule is CN(Cc1cccnc1CN)CC1CCCCO1. The van der Waals surface area contributed by atoms with Crippen LogP contribution in [0.3, 0.4) is 0 Å². The lowest BCUT2D eigenvalue weighted by Crippen LogP contribution is -2.33. The third-order valence-corrected chi connectivity index (χ3v) is 3.41. The van der Waals surface area contributed by atoms with E-state index in [1.54, 1.807) is 6.20 Å². The Hall–Kier alpha value is -0.970. The average molecular weight is 249 g/mol. The van der Waals surface area contributed by atoms with Gasteiger partial charge in [0.1, 0.15) is 0 Å². The summed E-state index contributed by atoms with van der Waals surface area (Å²) in [6.45, 7) is 3.29. The van der Waals surface area contributed by atoms with Crippen LogP contribution in [0.4, 0.5) is 0 Å². The molecule has 4 heteroatoms. The second kappa shape index (κ2) is 6.83. The monoisotopic (exact) mass is 249 g/mol. The molecule has 18 heavy (non-hydrogen) atoms. The van der Waals surface area contributed by atoms with Crippen molar-refractivity contribution in [3.63, 3.8) is 0 Å². The molecule has 4 nitrogen and oxygen atoms in total. The van der Waals surface area contributed by atoms with E-state index in [-0.39, 0.29) is 0 Å². The summed E-state index contributed by atoms with van der Waals surface area (Å²) in [6.07, 6.45) is 5.87. The zero-order valence-electron chi connectivity index (χ0n) is 11.1. The average Bonchev–Trinajstić information content (AvgIpc) is 2.40. The smallest absolute Gasteiger partial charge is 0.0702 e. The van der Waals surface area contributed by atoms with Crippen LogP contribution in [0, 0.1) is 0 Å². The van der Waals surface area contributed by atoms with Crippen molar-refractivity contribution in [3.05, 3.63) is 29.6 Å². The summed E-state index contributed by atoms with van der Waals surface area (Å²) in [7, 11) is 2.13. The maximum Gasteiger partial charge on any atom is 0.0702 e. The van der Waals surface area contributed by atoms with Crippen LogP contribution >= 0.6 is 0 Å². The van der Waals surface area contributed by atoms with E-state index >= 15 is 0 Å². The largest absolute Gasteiger partial charge is 0.377 e. The lowest BCUT2D eigenvalue weighted by Gasteiger charge is -2.27. The maximum absolute atomic E-state index is 5.76. The summed E-state index contributed by atoms with van der Waals surface area (Å²) in [5, 5.41) is 0. The van der Waals surface area contributed by atoms with Gasteiger partial charge >= 0.3 is 0 Å². The van der Waals surface area contributed by atoms with E-state index < -0.39 is 0 Å². The molecule has 0 amide bonds. The number of likely N-dealkylation sites (N-methyl/N-ethyl adjacent to an activating group) is 1. The highest BCUT2D eigenvalue weighted by atomic mass is 16.5. The number of pyridine rings is 1. The molecule has 1 aliphatic rings. The molecule has 0 spiro atoms. The Labute approximate surface area is 109 Å². The van der Waals surface area contributed by atoms with Crippen molar-refractivity contribution in [2.24, 2.45) is 5.73 Å². The standard InChI is InChI=1S/C14H23N3O/c1-17(11-13-6-2-3-8-18-13)10-12-5-4-7-16-14(12)9-15/h4-5,7,13H,2-3,6,8-11,15H2,1H3. The first kappa shape index (κ1) is 13.5. The summed E-state index contributed by atoms with van der Waals surface area (Å²) < 4.78 is 5.76. The number of aromatic nitrogens is 1. The highest BCUT2D eigenvalue weighted by molar-refractivity contribution is 5.19. The first-order valence-corrected chi connectivity index (χ1v) is 6.72. The topological polar surface area (TPSA) is 51.4 Å². The van der Waals surface area contributed by atoms with E-state index in [0.29, 0.717) is 12.6 Å². The molecule has 1 atom stereocenters. The Balaban J connectivity index is 1.87. The van der Waals surface area contributed by atoms with E-state index in [2.05, 4.69) is 23.0 Å². The molecular weight excluding hydrogens is 226 g/mol. The van der Waals surface area contributed by atoms with Crippen molar-refractivity contribution >= 4 is 0 Å². The van der Waals surface area contributed by atoms with Crippen molar-refractivity contribution in [1.29, 1.82) is 0 Å². The van der Waals surface area contributed by atoms with Gasteiger partial charge < -0.3 is 10.5 Å². The summed E-state index contributed by atoms with van der Waals surface area (Å²) in [5.74, 6) is 0. The molecule has 2 N–H and O–H groups in total. The number of rotatable bonds is 5. The van der Waals surface area contributed by atoms with Gasteiger partial charge in [-0.05, 0) is 37.9 Å². The molecule has 2 rings (SSSR count). The lowest BCUT2D eigenvalue weighted by atomic mass is 10.1. The zero-order valence-corrected chi connectivity index (χ0v) is 11.1. The quantitative estimate of drug-likeness (QED) is 0.860. The Morgan fingerprint density at radius 3 is 3.11 bits per heavy atom. The van der Waals surface area contributed by atoms with Gasteiger partial charge in [0, 0.05) is 32.4 Å². The first-order chi connectivity index (χ1) is 8.79. The predicted molar refractivity (Wildman–Crippen MR) is 72.1 cm³/mol. The molecule has 2 heterocycles. The number of nitrogens with two attached hydrogens (primary N) is 1. The number of nitrogens with zero attached hydrogens (tertiary/aromatic N) is 2. The van der Waals surface area contributed by atoms with Gasteiger partial charge in [0.25, 0.3) is 0 Å². The Bertz CT molecular complexity index is 364. The third-order valence-electron chi connectivity index (χ3n) is 3.41. The van der Waals surface area contributed by atoms with Gasteiger partial charge in [-0.1, -0.05) is 6.07 Å². The number of ether oxygens (including phenoxy) is 1. The second-order valence-corrected chi connectivity index (χ2v) is 5.00. The highest BCUT2D eigenvalue weighted by Gasteiger charge is 2.16. The molecule has 1 saturated heterocycles. The third kappa shape index (κ3) is 3.77. The van der Waals surface area contributed by atoms with Crippen LogP contribution in [0.1, 0.15) is 30.5 Å². The maximum atomic E-state index is 5.76. The Kier molecular flexibility index (Phi) is 5.11. The minimum absolute atomic E-state index is 0.391. The van der Waals surface area contributed by atoms with Crippen LogP contribution in [0.15, 0.2) is 18.3 Å². The molecule has 1 fully saturated rings. The fraction of sp³-hybridized carbons (Fsp3) is 0.643. The summed E-state index contributed by atoms with van der Waals surface area (Å²) in [4.78, 5) is 6.61. The highest BCUT2D eigenvalue weighted by Crippen LogP contribution is 2.15. The number of hydrogen-bond donors (Lipinski definition) is 1. The van der Waals surface area contributed by atoms with Crippen molar-refractivity contribution < 1.29 is 4.74 Å². The molecular formula is C14H23N3O. The van der Waals surface area contributed by atoms with Gasteiger partial charge in [-0.15, -0.1) is 0 Å². The molecule has 1 aromatic rings. The van der Waals surface area contributed by atoms with Crippen LogP contribution in [0.25, 0.3) is 0 Å². The lowest BCUT2D eigenvalue weighted by molar-refractivity contribution is -0.00263. The van der Waals surface area contributed by atoms with E-state index in [1.165, 1.54) is 24.8 Å². The van der Waals surface area contributed by atoms with Crippen LogP contribution < -0.4 is 5.73 Å². The van der Waals surface area contributed by atoms with Crippen molar-refractivity contribution in [1.82, 2.24) is 9.88 Å². The number of hydrogen-bond acceptors (Lipinski definition) is 4. The normalized spacial score (nSPS) is 20.3. The first-order valence-electron chi connectivity index (χ1n) is 6.72. The van der Waals surface area contributed by atoms with Crippen LogP contribution in [0.2, 0.25) is 0 Å². The zero-order chi connectivity index (χ0) is 12.8. The molecule has 0 bridgehead atoms. The summed E-state index contributed by atoms with van der Waals surface area (Å²) in [5.41, 5.74) is 7.92. The molecule has 1 aliphatic heterocycles. The molecule has 1 aromatic heterocycles. The molecule has 0 aliphatic carbocycles. The molecule has 100 valence electrons. The van der Waals surface area contributed by atoms with E-state index in [0.717, 1.165) is 25.4 Å². The minimum Gasteiger partial charge on any atom is -0.377 e. The summed E-state index contributed by atoms with van der Waals surface area (Å²) >= 11 is 0. The second-order valence-electron chi connectivity index (χ2n) is 5.00. The van der Waals surface area contributed by atoms with Crippen molar-refractivity contribution in [3.8, 4) is 0 Å². The van der Waals surface area contributed by atoms with E-state index in [1.807, 2.05) is 6.07 Å². The fourth-order valence-corrected chi connectivity index (χ4v) is 2.45. The minimum atomic E-state index is 0.391. The van der Waals surface area contributed by atoms with Crippen LogP contribution in [-0.4, -0.2) is 36.2 Å². The Morgan fingerprint density at radius 1 is 1.50 bits per heavy atom. The van der Waals surface area contributed by atoms with E-state index in [4.69, 9.17) is 10.5 Å². The summed E-state index contributed by atoms with van der Waals surface area (Å²) in [6, 6.07) is 4.08. The van der Waals surface area contributed by atoms with Crippen LogP contribution in [-0.2, 0) is 17.8 Å². The van der Waals surface area contributed by atoms with Gasteiger partial charge in [0.2, 0.25) is 0 Å². The molecule has 0 radical (unpaired) electrons. The van der Waals surface area contributed by atoms with Crippen molar-refractivity contribution in [2.75, 3.05) is 20.2 Å². The van der Waals surface area contributed by atoms with Gasteiger partial charge in [0.15, 0.2) is 0 Å². The van der Waals surface area contributed by atoms with Crippen LogP contribution in [0.5, 0.6) is 0 Å². The van der Waals surface area contributed by atoms with Crippen molar-refractivity contribution in [2.45, 2.75) is 38.5 Å². The Morgan fingerprint density at radius 2 is 2.39 bits per heavy atom. The van der Waals surface area contributed by atoms with Gasteiger partial charge in [0.05, 0.1) is 11.8 Å².